The predicted octanol–water partition coefficient (Wildman–Crippen LogP) is 4.12. The van der Waals surface area contributed by atoms with E-state index >= 15 is 0 Å². The van der Waals surface area contributed by atoms with E-state index in [-0.39, 0.29) is 23.9 Å². The molecular formula is C22H24N2O3. The summed E-state index contributed by atoms with van der Waals surface area (Å²) in [6.07, 6.45) is 0.392. The van der Waals surface area contributed by atoms with Gasteiger partial charge in [0.05, 0.1) is 19.3 Å². The lowest BCUT2D eigenvalue weighted by molar-refractivity contribution is -0.119. The van der Waals surface area contributed by atoms with Gasteiger partial charge in [0.2, 0.25) is 5.91 Å². The minimum absolute atomic E-state index is 0.0398. The highest BCUT2D eigenvalue weighted by Gasteiger charge is 2.21. The Balaban J connectivity index is 2.05. The summed E-state index contributed by atoms with van der Waals surface area (Å²) in [5.74, 6) is 0.776. The monoisotopic (exact) mass is 364 g/mol. The van der Waals surface area contributed by atoms with Gasteiger partial charge in [0, 0.05) is 17.5 Å². The first-order valence-electron chi connectivity index (χ1n) is 9.04. The molecule has 3 rings (SSSR count). The molecular weight excluding hydrogens is 340 g/mol. The molecule has 0 saturated carbocycles. The van der Waals surface area contributed by atoms with Gasteiger partial charge in [-0.2, -0.15) is 0 Å². The zero-order valence-electron chi connectivity index (χ0n) is 15.9. The first kappa shape index (κ1) is 18.7. The number of hydrogen-bond acceptors (Lipinski definition) is 3. The topological polar surface area (TPSA) is 62.4 Å². The summed E-state index contributed by atoms with van der Waals surface area (Å²) in [4.78, 5) is 30.1. The fourth-order valence-corrected chi connectivity index (χ4v) is 3.10. The Labute approximate surface area is 158 Å². The van der Waals surface area contributed by atoms with Crippen LogP contribution in [0.4, 0.5) is 5.69 Å². The van der Waals surface area contributed by atoms with Gasteiger partial charge in [-0.1, -0.05) is 44.2 Å². The van der Waals surface area contributed by atoms with Crippen molar-refractivity contribution < 1.29 is 9.53 Å². The fourth-order valence-electron chi connectivity index (χ4n) is 3.10. The minimum Gasteiger partial charge on any atom is -0.495 e. The van der Waals surface area contributed by atoms with Crippen LogP contribution in [0.25, 0.3) is 10.9 Å². The number of fused-ring (bicyclic) bond motifs is 1. The lowest BCUT2D eigenvalue weighted by Crippen LogP contribution is -2.33. The van der Waals surface area contributed by atoms with E-state index < -0.39 is 0 Å². The third-order valence-electron chi connectivity index (χ3n) is 4.42. The zero-order valence-corrected chi connectivity index (χ0v) is 15.9. The Morgan fingerprint density at radius 1 is 1.11 bits per heavy atom. The Morgan fingerprint density at radius 3 is 2.56 bits per heavy atom. The van der Waals surface area contributed by atoms with Crippen molar-refractivity contribution in [2.24, 2.45) is 5.92 Å². The van der Waals surface area contributed by atoms with Crippen LogP contribution in [-0.4, -0.2) is 18.0 Å². The van der Waals surface area contributed by atoms with Crippen molar-refractivity contribution in [1.82, 2.24) is 4.98 Å². The van der Waals surface area contributed by atoms with Gasteiger partial charge in [-0.25, -0.2) is 0 Å². The Hall–Kier alpha value is -3.08. The molecule has 5 nitrogen and oxygen atoms in total. The molecule has 1 amide bonds. The van der Waals surface area contributed by atoms with Crippen LogP contribution in [0.15, 0.2) is 59.4 Å². The number of benzene rings is 2. The van der Waals surface area contributed by atoms with Gasteiger partial charge in [-0.05, 0) is 35.6 Å². The maximum Gasteiger partial charge on any atom is 0.253 e. The summed E-state index contributed by atoms with van der Waals surface area (Å²) in [7, 11) is 1.58. The smallest absolute Gasteiger partial charge is 0.253 e. The number of aromatic amines is 1. The van der Waals surface area contributed by atoms with E-state index in [1.807, 2.05) is 68.4 Å². The molecule has 0 fully saturated rings. The van der Waals surface area contributed by atoms with Crippen molar-refractivity contribution in [3.63, 3.8) is 0 Å². The average Bonchev–Trinajstić information content (AvgIpc) is 2.65. The molecule has 1 aromatic heterocycles. The van der Waals surface area contributed by atoms with E-state index in [2.05, 4.69) is 4.98 Å². The lowest BCUT2D eigenvalue weighted by atomic mass is 10.1. The van der Waals surface area contributed by atoms with Crippen molar-refractivity contribution in [2.75, 3.05) is 12.0 Å². The van der Waals surface area contributed by atoms with Crippen molar-refractivity contribution in [1.29, 1.82) is 0 Å². The summed E-state index contributed by atoms with van der Waals surface area (Å²) in [5.41, 5.74) is 1.80. The number of pyridine rings is 1. The van der Waals surface area contributed by atoms with Crippen LogP contribution in [0.2, 0.25) is 0 Å². The maximum absolute atomic E-state index is 13.0. The molecule has 0 spiro atoms. The van der Waals surface area contributed by atoms with E-state index in [0.29, 0.717) is 23.4 Å². The second-order valence-corrected chi connectivity index (χ2v) is 6.96. The van der Waals surface area contributed by atoms with Crippen LogP contribution in [0.3, 0.4) is 0 Å². The highest BCUT2D eigenvalue weighted by atomic mass is 16.5. The fraction of sp³-hybridized carbons (Fsp3) is 0.273. The first-order valence-corrected chi connectivity index (χ1v) is 9.04. The molecule has 1 N–H and O–H groups in total. The van der Waals surface area contributed by atoms with Gasteiger partial charge in [0.15, 0.2) is 0 Å². The molecule has 3 aromatic rings. The zero-order chi connectivity index (χ0) is 19.4. The van der Waals surface area contributed by atoms with Gasteiger partial charge in [0.1, 0.15) is 5.75 Å². The van der Waals surface area contributed by atoms with Gasteiger partial charge in [-0.3, -0.25) is 9.59 Å². The predicted molar refractivity (Wildman–Crippen MR) is 108 cm³/mol. The number of carbonyl (C=O) groups is 1. The van der Waals surface area contributed by atoms with E-state index in [9.17, 15) is 9.59 Å². The van der Waals surface area contributed by atoms with Crippen LogP contribution in [-0.2, 0) is 11.3 Å². The molecule has 140 valence electrons. The minimum atomic E-state index is -0.189. The summed E-state index contributed by atoms with van der Waals surface area (Å²) >= 11 is 0. The van der Waals surface area contributed by atoms with Crippen LogP contribution >= 0.6 is 0 Å². The summed E-state index contributed by atoms with van der Waals surface area (Å²) in [6, 6.07) is 16.8. The molecule has 0 aliphatic carbocycles. The molecule has 0 unspecified atom stereocenters. The third kappa shape index (κ3) is 4.19. The second-order valence-electron chi connectivity index (χ2n) is 6.96. The molecule has 5 heteroatoms. The number of rotatable bonds is 6. The number of carbonyl (C=O) groups excluding carboxylic acids is 1. The van der Waals surface area contributed by atoms with Crippen molar-refractivity contribution in [2.45, 2.75) is 26.8 Å². The molecule has 27 heavy (non-hydrogen) atoms. The van der Waals surface area contributed by atoms with Gasteiger partial charge in [0.25, 0.3) is 5.56 Å². The number of hydrogen-bond donors (Lipinski definition) is 1. The van der Waals surface area contributed by atoms with E-state index in [0.717, 1.165) is 10.9 Å². The van der Waals surface area contributed by atoms with Gasteiger partial charge < -0.3 is 14.6 Å². The van der Waals surface area contributed by atoms with Crippen molar-refractivity contribution in [3.05, 3.63) is 70.5 Å². The number of amides is 1. The summed E-state index contributed by atoms with van der Waals surface area (Å²) in [6.45, 7) is 4.19. The molecule has 0 radical (unpaired) electrons. The highest BCUT2D eigenvalue weighted by Crippen LogP contribution is 2.30. The standard InChI is InChI=1S/C22H24N2O3/c1-15(2)12-21(25)24(19-10-6-7-11-20(19)27-3)14-17-13-16-8-4-5-9-18(16)23-22(17)26/h4-11,13,15H,12,14H2,1-3H3,(H,23,26). The van der Waals surface area contributed by atoms with Crippen LogP contribution in [0.1, 0.15) is 25.8 Å². The maximum atomic E-state index is 13.0. The molecule has 0 bridgehead atoms. The number of nitrogens with zero attached hydrogens (tertiary/aromatic N) is 1. The number of methoxy groups -OCH3 is 1. The SMILES string of the molecule is COc1ccccc1N(Cc1cc2ccccc2[nH]c1=O)C(=O)CC(C)C. The second kappa shape index (κ2) is 8.08. The van der Waals surface area contributed by atoms with Crippen LogP contribution < -0.4 is 15.2 Å². The molecule has 0 atom stereocenters. The Bertz CT molecular complexity index is 1010. The van der Waals surface area contributed by atoms with Crippen molar-refractivity contribution in [3.8, 4) is 5.75 Å². The number of nitrogens with one attached hydrogen (secondary N) is 1. The number of H-pyrrole nitrogens is 1. The quantitative estimate of drug-likeness (QED) is 0.716. The van der Waals surface area contributed by atoms with E-state index in [4.69, 9.17) is 4.74 Å². The lowest BCUT2D eigenvalue weighted by Gasteiger charge is -2.25. The number of para-hydroxylation sites is 3. The van der Waals surface area contributed by atoms with Crippen LogP contribution in [0, 0.1) is 5.92 Å². The molecule has 0 saturated heterocycles. The molecule has 1 heterocycles. The van der Waals surface area contributed by atoms with Gasteiger partial charge >= 0.3 is 0 Å². The largest absolute Gasteiger partial charge is 0.495 e. The van der Waals surface area contributed by atoms with Crippen LogP contribution in [0.5, 0.6) is 5.75 Å². The van der Waals surface area contributed by atoms with E-state index in [1.165, 1.54) is 0 Å². The Kier molecular flexibility index (Phi) is 5.60. The van der Waals surface area contributed by atoms with E-state index in [1.54, 1.807) is 12.0 Å². The number of ether oxygens (including phenoxy) is 1. The van der Waals surface area contributed by atoms with Gasteiger partial charge in [-0.15, -0.1) is 0 Å². The highest BCUT2D eigenvalue weighted by molar-refractivity contribution is 5.95. The first-order chi connectivity index (χ1) is 13.0. The third-order valence-corrected chi connectivity index (χ3v) is 4.42. The summed E-state index contributed by atoms with van der Waals surface area (Å²) in [5, 5.41) is 0.934. The molecule has 0 aliphatic heterocycles. The summed E-state index contributed by atoms with van der Waals surface area (Å²) < 4.78 is 5.44. The average molecular weight is 364 g/mol. The molecule has 2 aromatic carbocycles. The Morgan fingerprint density at radius 2 is 1.81 bits per heavy atom. The van der Waals surface area contributed by atoms with Crippen molar-refractivity contribution >= 4 is 22.5 Å². The normalized spacial score (nSPS) is 11.0. The molecule has 0 aliphatic rings. The number of aromatic nitrogens is 1. The number of anilines is 1.